The highest BCUT2D eigenvalue weighted by Gasteiger charge is 2.39. The highest BCUT2D eigenvalue weighted by Crippen LogP contribution is 2.40. The van der Waals surface area contributed by atoms with Crippen LogP contribution in [0.25, 0.3) is 27.6 Å². The van der Waals surface area contributed by atoms with E-state index in [2.05, 4.69) is 5.32 Å². The van der Waals surface area contributed by atoms with Gasteiger partial charge in [0.1, 0.15) is 29.4 Å². The third-order valence-electron chi connectivity index (χ3n) is 7.28. The molecule has 0 aromatic heterocycles. The fraction of sp³-hybridized carbons (Fsp3) is 0.0882. The standard InChI is InChI=1S/C34H25ClN2O6/c1-41-30-18-28(31(42-2)17-27(30)35)37-33(39)26(32(38)36-34(37)40)16-25-24-13-6-4-9-21(24)14-15-29(25)43-19-22-11-7-10-20-8-3-5-12-23(20)22/h3-18H,19H2,1-2H3,(H,36,38,40)/b26-16+. The maximum absolute atomic E-state index is 13.9. The van der Waals surface area contributed by atoms with Gasteiger partial charge in [-0.3, -0.25) is 14.9 Å². The second-order valence-corrected chi connectivity index (χ2v) is 10.1. The first-order valence-electron chi connectivity index (χ1n) is 13.3. The predicted octanol–water partition coefficient (Wildman–Crippen LogP) is 6.91. The smallest absolute Gasteiger partial charge is 0.336 e. The maximum Gasteiger partial charge on any atom is 0.336 e. The van der Waals surface area contributed by atoms with Crippen LogP contribution in [0.3, 0.4) is 0 Å². The zero-order valence-corrected chi connectivity index (χ0v) is 24.0. The molecule has 8 nitrogen and oxygen atoms in total. The van der Waals surface area contributed by atoms with Gasteiger partial charge < -0.3 is 14.2 Å². The molecule has 1 saturated heterocycles. The molecular weight excluding hydrogens is 568 g/mol. The van der Waals surface area contributed by atoms with Crippen molar-refractivity contribution in [3.8, 4) is 17.2 Å². The third kappa shape index (κ3) is 5.13. The van der Waals surface area contributed by atoms with E-state index >= 15 is 0 Å². The SMILES string of the molecule is COc1cc(N2C(=O)NC(=O)/C(=C\c3c(OCc4cccc5ccccc45)ccc4ccccc34)C2=O)c(OC)cc1Cl. The number of barbiturate groups is 1. The number of imide groups is 2. The van der Waals surface area contributed by atoms with Crippen LogP contribution in [0.5, 0.6) is 17.2 Å². The van der Waals surface area contributed by atoms with E-state index in [0.717, 1.165) is 32.0 Å². The van der Waals surface area contributed by atoms with Gasteiger partial charge in [0, 0.05) is 17.7 Å². The van der Waals surface area contributed by atoms with Crippen molar-refractivity contribution in [2.24, 2.45) is 0 Å². The molecule has 5 aromatic rings. The molecule has 0 radical (unpaired) electrons. The van der Waals surface area contributed by atoms with Gasteiger partial charge in [-0.15, -0.1) is 0 Å². The molecule has 9 heteroatoms. The number of carbonyl (C=O) groups excluding carboxylic acids is 3. The van der Waals surface area contributed by atoms with Crippen molar-refractivity contribution in [1.29, 1.82) is 0 Å². The van der Waals surface area contributed by atoms with Crippen molar-refractivity contribution in [3.63, 3.8) is 0 Å². The molecule has 1 heterocycles. The van der Waals surface area contributed by atoms with Crippen molar-refractivity contribution in [2.45, 2.75) is 6.61 Å². The normalized spacial score (nSPS) is 14.3. The van der Waals surface area contributed by atoms with Crippen molar-refractivity contribution in [1.82, 2.24) is 5.32 Å². The van der Waals surface area contributed by atoms with Crippen LogP contribution in [-0.2, 0) is 16.2 Å². The van der Waals surface area contributed by atoms with E-state index in [-0.39, 0.29) is 34.4 Å². The van der Waals surface area contributed by atoms with Gasteiger partial charge in [0.15, 0.2) is 0 Å². The van der Waals surface area contributed by atoms with Crippen LogP contribution in [0.15, 0.2) is 96.6 Å². The molecule has 1 N–H and O–H groups in total. The Kier molecular flexibility index (Phi) is 7.44. The molecule has 6 rings (SSSR count). The molecule has 214 valence electrons. The number of nitrogens with zero attached hydrogens (tertiary/aromatic N) is 1. The molecule has 0 unspecified atom stereocenters. The van der Waals surface area contributed by atoms with Gasteiger partial charge in [0.2, 0.25) is 0 Å². The molecule has 0 aliphatic carbocycles. The lowest BCUT2D eigenvalue weighted by atomic mass is 9.99. The second kappa shape index (κ2) is 11.5. The van der Waals surface area contributed by atoms with Crippen LogP contribution in [0, 0.1) is 0 Å². The topological polar surface area (TPSA) is 94.2 Å². The molecule has 1 aliphatic rings. The molecule has 43 heavy (non-hydrogen) atoms. The number of nitrogens with one attached hydrogen (secondary N) is 1. The molecule has 0 spiro atoms. The first-order valence-corrected chi connectivity index (χ1v) is 13.7. The van der Waals surface area contributed by atoms with Crippen molar-refractivity contribution in [3.05, 3.63) is 113 Å². The number of hydrogen-bond acceptors (Lipinski definition) is 6. The lowest BCUT2D eigenvalue weighted by Crippen LogP contribution is -2.54. The highest BCUT2D eigenvalue weighted by atomic mass is 35.5. The molecule has 4 amide bonds. The number of fused-ring (bicyclic) bond motifs is 2. The first-order chi connectivity index (χ1) is 20.9. The number of carbonyl (C=O) groups is 3. The van der Waals surface area contributed by atoms with Gasteiger partial charge in [-0.1, -0.05) is 84.4 Å². The summed E-state index contributed by atoms with van der Waals surface area (Å²) < 4.78 is 17.0. The van der Waals surface area contributed by atoms with E-state index in [9.17, 15) is 14.4 Å². The van der Waals surface area contributed by atoms with Crippen LogP contribution in [0.4, 0.5) is 10.5 Å². The summed E-state index contributed by atoms with van der Waals surface area (Å²) in [7, 11) is 2.79. The summed E-state index contributed by atoms with van der Waals surface area (Å²) in [6.07, 6.45) is 1.46. The summed E-state index contributed by atoms with van der Waals surface area (Å²) in [6, 6.07) is 27.2. The maximum atomic E-state index is 13.9. The number of urea groups is 1. The molecular formula is C34H25ClN2O6. The Labute approximate surface area is 252 Å². The molecule has 0 saturated carbocycles. The molecule has 1 fully saturated rings. The Bertz CT molecular complexity index is 1960. The molecule has 0 bridgehead atoms. The predicted molar refractivity (Wildman–Crippen MR) is 166 cm³/mol. The lowest BCUT2D eigenvalue weighted by Gasteiger charge is -2.28. The molecule has 1 aliphatic heterocycles. The number of amides is 4. The number of hydrogen-bond donors (Lipinski definition) is 1. The Morgan fingerprint density at radius 2 is 1.44 bits per heavy atom. The number of ether oxygens (including phenoxy) is 3. The molecule has 5 aromatic carbocycles. The van der Waals surface area contributed by atoms with E-state index in [0.29, 0.717) is 11.3 Å². The monoisotopic (exact) mass is 592 g/mol. The van der Waals surface area contributed by atoms with Crippen LogP contribution in [0.1, 0.15) is 11.1 Å². The summed E-state index contributed by atoms with van der Waals surface area (Å²) in [4.78, 5) is 40.8. The number of benzene rings is 5. The Morgan fingerprint density at radius 3 is 2.19 bits per heavy atom. The van der Waals surface area contributed by atoms with Crippen LogP contribution >= 0.6 is 11.6 Å². The minimum absolute atomic E-state index is 0.0648. The Hall–Kier alpha value is -5.34. The van der Waals surface area contributed by atoms with E-state index < -0.39 is 17.8 Å². The second-order valence-electron chi connectivity index (χ2n) is 9.74. The van der Waals surface area contributed by atoms with Gasteiger partial charge >= 0.3 is 6.03 Å². The zero-order chi connectivity index (χ0) is 30.1. The van der Waals surface area contributed by atoms with E-state index in [1.807, 2.05) is 72.8 Å². The lowest BCUT2D eigenvalue weighted by molar-refractivity contribution is -0.122. The Balaban J connectivity index is 1.44. The summed E-state index contributed by atoms with van der Waals surface area (Å²) in [6.45, 7) is 0.252. The van der Waals surface area contributed by atoms with Gasteiger partial charge in [0.05, 0.1) is 24.9 Å². The summed E-state index contributed by atoms with van der Waals surface area (Å²) in [5, 5.41) is 6.29. The largest absolute Gasteiger partial charge is 0.495 e. The number of methoxy groups -OCH3 is 2. The number of halogens is 1. The average molecular weight is 593 g/mol. The minimum atomic E-state index is -0.930. The van der Waals surface area contributed by atoms with E-state index in [4.69, 9.17) is 25.8 Å². The zero-order valence-electron chi connectivity index (χ0n) is 23.2. The van der Waals surface area contributed by atoms with Crippen LogP contribution < -0.4 is 24.4 Å². The summed E-state index contributed by atoms with van der Waals surface area (Å²) in [5.74, 6) is -0.844. The average Bonchev–Trinajstić information content (AvgIpc) is 3.02. The van der Waals surface area contributed by atoms with Crippen LogP contribution in [-0.4, -0.2) is 32.1 Å². The molecule has 0 atom stereocenters. The third-order valence-corrected chi connectivity index (χ3v) is 7.57. The Morgan fingerprint density at radius 1 is 0.767 bits per heavy atom. The number of anilines is 1. The minimum Gasteiger partial charge on any atom is -0.495 e. The van der Waals surface area contributed by atoms with Crippen molar-refractivity contribution < 1.29 is 28.6 Å². The van der Waals surface area contributed by atoms with Gasteiger partial charge in [0.25, 0.3) is 11.8 Å². The number of rotatable bonds is 7. The first kappa shape index (κ1) is 27.8. The van der Waals surface area contributed by atoms with Crippen LogP contribution in [0.2, 0.25) is 5.02 Å². The van der Waals surface area contributed by atoms with Crippen molar-refractivity contribution >= 4 is 62.8 Å². The van der Waals surface area contributed by atoms with Gasteiger partial charge in [-0.25, -0.2) is 9.69 Å². The fourth-order valence-corrected chi connectivity index (χ4v) is 5.39. The van der Waals surface area contributed by atoms with E-state index in [1.165, 1.54) is 32.4 Å². The van der Waals surface area contributed by atoms with Gasteiger partial charge in [-0.2, -0.15) is 0 Å². The fourth-order valence-electron chi connectivity index (χ4n) is 5.16. The highest BCUT2D eigenvalue weighted by molar-refractivity contribution is 6.40. The van der Waals surface area contributed by atoms with Crippen molar-refractivity contribution in [2.75, 3.05) is 19.1 Å². The summed E-state index contributed by atoms with van der Waals surface area (Å²) in [5.41, 5.74) is 1.31. The summed E-state index contributed by atoms with van der Waals surface area (Å²) >= 11 is 6.24. The quantitative estimate of drug-likeness (QED) is 0.163. The van der Waals surface area contributed by atoms with E-state index in [1.54, 1.807) is 6.07 Å². The van der Waals surface area contributed by atoms with Gasteiger partial charge in [-0.05, 0) is 39.3 Å².